The molecule has 1 rings (SSSR count). The topological polar surface area (TPSA) is 62.1 Å². The number of nitriles is 1. The summed E-state index contributed by atoms with van der Waals surface area (Å²) in [5.74, 6) is 2.36. The van der Waals surface area contributed by atoms with E-state index in [0.29, 0.717) is 11.3 Å². The normalized spacial score (nSPS) is 8.62. The van der Waals surface area contributed by atoms with Crippen LogP contribution in [-0.4, -0.2) is 19.1 Å². The molecule has 0 spiro atoms. The van der Waals surface area contributed by atoms with Gasteiger partial charge in [0, 0.05) is 0 Å². The molecule has 80 valence electrons. The van der Waals surface area contributed by atoms with E-state index in [9.17, 15) is 4.79 Å². The van der Waals surface area contributed by atoms with Crippen molar-refractivity contribution < 1.29 is 9.53 Å². The van der Waals surface area contributed by atoms with E-state index in [1.54, 1.807) is 24.3 Å². The van der Waals surface area contributed by atoms with Crippen LogP contribution in [0.25, 0.3) is 0 Å². The number of amides is 1. The molecule has 0 bridgehead atoms. The van der Waals surface area contributed by atoms with Gasteiger partial charge in [0.25, 0.3) is 5.91 Å². The fraction of sp³-hybridized carbons (Fsp3) is 0.167. The predicted molar refractivity (Wildman–Crippen MR) is 58.5 cm³/mol. The highest BCUT2D eigenvalue weighted by Crippen LogP contribution is 2.15. The number of para-hydroxylation sites is 1. The number of benzene rings is 1. The van der Waals surface area contributed by atoms with Crippen molar-refractivity contribution in [3.05, 3.63) is 29.8 Å². The molecule has 0 saturated carbocycles. The molecule has 0 aliphatic rings. The Hall–Kier alpha value is -2.46. The lowest BCUT2D eigenvalue weighted by Gasteiger charge is -2.06. The molecule has 16 heavy (non-hydrogen) atoms. The Morgan fingerprint density at radius 1 is 1.50 bits per heavy atom. The molecule has 0 heterocycles. The highest BCUT2D eigenvalue weighted by atomic mass is 16.5. The zero-order chi connectivity index (χ0) is 11.8. The summed E-state index contributed by atoms with van der Waals surface area (Å²) in [6, 6.07) is 8.68. The first kappa shape index (κ1) is 11.6. The summed E-state index contributed by atoms with van der Waals surface area (Å²) in [6.45, 7) is 0.0163. The van der Waals surface area contributed by atoms with E-state index in [2.05, 4.69) is 11.2 Å². The summed E-state index contributed by atoms with van der Waals surface area (Å²) in [7, 11) is 0. The smallest absolute Gasteiger partial charge is 0.258 e. The van der Waals surface area contributed by atoms with Crippen molar-refractivity contribution in [1.29, 1.82) is 5.26 Å². The van der Waals surface area contributed by atoms with Gasteiger partial charge in [-0.2, -0.15) is 5.26 Å². The average molecular weight is 214 g/mol. The molecule has 0 saturated heterocycles. The summed E-state index contributed by atoms with van der Waals surface area (Å²) in [5, 5.41) is 11.2. The SMILES string of the molecule is C#CCNC(=O)COc1ccccc1C#N. The molecular formula is C12H10N2O2. The molecule has 1 N–H and O–H groups in total. The molecule has 0 fully saturated rings. The monoisotopic (exact) mass is 214 g/mol. The average Bonchev–Trinajstić information content (AvgIpc) is 2.34. The van der Waals surface area contributed by atoms with E-state index in [1.165, 1.54) is 0 Å². The Balaban J connectivity index is 2.52. The Bertz CT molecular complexity index is 455. The van der Waals surface area contributed by atoms with Crippen LogP contribution in [0.5, 0.6) is 5.75 Å². The standard InChI is InChI=1S/C12H10N2O2/c1-2-7-14-12(15)9-16-11-6-4-3-5-10(11)8-13/h1,3-6H,7,9H2,(H,14,15). The maximum atomic E-state index is 11.2. The van der Waals surface area contributed by atoms with Gasteiger partial charge in [0.1, 0.15) is 11.8 Å². The third-order valence-electron chi connectivity index (χ3n) is 1.75. The van der Waals surface area contributed by atoms with Crippen molar-refractivity contribution in [1.82, 2.24) is 5.32 Å². The second-order valence-electron chi connectivity index (χ2n) is 2.88. The fourth-order valence-corrected chi connectivity index (χ4v) is 1.03. The number of terminal acetylenes is 1. The highest BCUT2D eigenvalue weighted by molar-refractivity contribution is 5.77. The lowest BCUT2D eigenvalue weighted by atomic mass is 10.2. The first-order valence-electron chi connectivity index (χ1n) is 4.60. The molecule has 0 atom stereocenters. The number of carbonyl (C=O) groups excluding carboxylic acids is 1. The summed E-state index contributed by atoms with van der Waals surface area (Å²) >= 11 is 0. The minimum absolute atomic E-state index is 0.152. The number of ether oxygens (including phenoxy) is 1. The summed E-state index contributed by atoms with van der Waals surface area (Å²) < 4.78 is 5.18. The molecule has 0 aliphatic heterocycles. The fourth-order valence-electron chi connectivity index (χ4n) is 1.03. The largest absolute Gasteiger partial charge is 0.482 e. The molecule has 1 aromatic rings. The molecule has 1 aromatic carbocycles. The molecule has 1 amide bonds. The van der Waals surface area contributed by atoms with Crippen LogP contribution in [0.1, 0.15) is 5.56 Å². The van der Waals surface area contributed by atoms with Gasteiger partial charge < -0.3 is 10.1 Å². The lowest BCUT2D eigenvalue weighted by Crippen LogP contribution is -2.29. The van der Waals surface area contributed by atoms with Crippen LogP contribution in [0.4, 0.5) is 0 Å². The van der Waals surface area contributed by atoms with Gasteiger partial charge in [-0.05, 0) is 12.1 Å². The van der Waals surface area contributed by atoms with Gasteiger partial charge in [-0.1, -0.05) is 18.1 Å². The van der Waals surface area contributed by atoms with Gasteiger partial charge in [0.05, 0.1) is 12.1 Å². The molecule has 0 unspecified atom stereocenters. The summed E-state index contributed by atoms with van der Waals surface area (Å²) in [6.07, 6.45) is 4.98. The molecular weight excluding hydrogens is 204 g/mol. The van der Waals surface area contributed by atoms with Gasteiger partial charge in [-0.25, -0.2) is 0 Å². The predicted octanol–water partition coefficient (Wildman–Crippen LogP) is 0.686. The minimum Gasteiger partial charge on any atom is -0.482 e. The number of nitrogens with one attached hydrogen (secondary N) is 1. The van der Waals surface area contributed by atoms with E-state index < -0.39 is 0 Å². The van der Waals surface area contributed by atoms with Crippen LogP contribution < -0.4 is 10.1 Å². The Kier molecular flexibility index (Phi) is 4.43. The number of rotatable bonds is 4. The van der Waals surface area contributed by atoms with Crippen LogP contribution in [-0.2, 0) is 4.79 Å². The number of hydrogen-bond donors (Lipinski definition) is 1. The van der Waals surface area contributed by atoms with Crippen LogP contribution >= 0.6 is 0 Å². The van der Waals surface area contributed by atoms with Gasteiger partial charge in [-0.3, -0.25) is 4.79 Å². The molecule has 0 aromatic heterocycles. The van der Waals surface area contributed by atoms with E-state index in [4.69, 9.17) is 16.4 Å². The van der Waals surface area contributed by atoms with Gasteiger partial charge in [0.15, 0.2) is 6.61 Å². The van der Waals surface area contributed by atoms with Gasteiger partial charge in [-0.15, -0.1) is 6.42 Å². The summed E-state index contributed by atoms with van der Waals surface area (Å²) in [4.78, 5) is 11.2. The van der Waals surface area contributed by atoms with Crippen molar-refractivity contribution >= 4 is 5.91 Å². The Morgan fingerprint density at radius 3 is 2.94 bits per heavy atom. The maximum Gasteiger partial charge on any atom is 0.258 e. The highest BCUT2D eigenvalue weighted by Gasteiger charge is 2.04. The lowest BCUT2D eigenvalue weighted by molar-refractivity contribution is -0.122. The number of hydrogen-bond acceptors (Lipinski definition) is 3. The van der Waals surface area contributed by atoms with Gasteiger partial charge >= 0.3 is 0 Å². The third-order valence-corrected chi connectivity index (χ3v) is 1.75. The second-order valence-corrected chi connectivity index (χ2v) is 2.88. The van der Waals surface area contributed by atoms with Crippen molar-refractivity contribution in [2.45, 2.75) is 0 Å². The van der Waals surface area contributed by atoms with Gasteiger partial charge in [0.2, 0.25) is 0 Å². The Morgan fingerprint density at radius 2 is 2.25 bits per heavy atom. The van der Waals surface area contributed by atoms with Crippen molar-refractivity contribution in [3.63, 3.8) is 0 Å². The maximum absolute atomic E-state index is 11.2. The third kappa shape index (κ3) is 3.36. The van der Waals surface area contributed by atoms with Crippen molar-refractivity contribution in [2.24, 2.45) is 0 Å². The number of carbonyl (C=O) groups is 1. The molecule has 4 heteroatoms. The first-order chi connectivity index (χ1) is 7.77. The van der Waals surface area contributed by atoms with E-state index >= 15 is 0 Å². The quantitative estimate of drug-likeness (QED) is 0.750. The minimum atomic E-state index is -0.314. The zero-order valence-electron chi connectivity index (χ0n) is 8.56. The zero-order valence-corrected chi connectivity index (χ0v) is 8.56. The van der Waals surface area contributed by atoms with Crippen molar-refractivity contribution in [2.75, 3.05) is 13.2 Å². The second kappa shape index (κ2) is 6.10. The van der Waals surface area contributed by atoms with Crippen LogP contribution in [0.3, 0.4) is 0 Å². The van der Waals surface area contributed by atoms with E-state index in [1.807, 2.05) is 6.07 Å². The molecule has 0 radical (unpaired) electrons. The van der Waals surface area contributed by atoms with Crippen LogP contribution in [0.2, 0.25) is 0 Å². The van der Waals surface area contributed by atoms with E-state index in [-0.39, 0.29) is 19.1 Å². The van der Waals surface area contributed by atoms with E-state index in [0.717, 1.165) is 0 Å². The first-order valence-corrected chi connectivity index (χ1v) is 4.60. The number of nitrogens with zero attached hydrogens (tertiary/aromatic N) is 1. The molecule has 0 aliphatic carbocycles. The van der Waals surface area contributed by atoms with Crippen LogP contribution in [0, 0.1) is 23.7 Å². The molecule has 4 nitrogen and oxygen atoms in total. The summed E-state index contributed by atoms with van der Waals surface area (Å²) in [5.41, 5.74) is 0.396. The van der Waals surface area contributed by atoms with Crippen LogP contribution in [0.15, 0.2) is 24.3 Å². The van der Waals surface area contributed by atoms with Crippen molar-refractivity contribution in [3.8, 4) is 24.2 Å². The Labute approximate surface area is 93.8 Å².